The van der Waals surface area contributed by atoms with Crippen molar-refractivity contribution in [2.45, 2.75) is 26.7 Å². The van der Waals surface area contributed by atoms with Crippen molar-refractivity contribution < 1.29 is 15.3 Å². The SMILES string of the molecule is CC(C)CC(CO)(CO)Cc1cccc(O)c1. The number of aliphatic hydroxyl groups excluding tert-OH is 2. The molecule has 0 saturated heterocycles. The van der Waals surface area contributed by atoms with Crippen LogP contribution in [0, 0.1) is 11.3 Å². The summed E-state index contributed by atoms with van der Waals surface area (Å²) in [6, 6.07) is 6.98. The maximum atomic E-state index is 9.53. The molecule has 0 aliphatic rings. The highest BCUT2D eigenvalue weighted by Crippen LogP contribution is 2.30. The van der Waals surface area contributed by atoms with Crippen LogP contribution in [0.2, 0.25) is 0 Å². The molecule has 0 heterocycles. The molecule has 0 unspecified atom stereocenters. The molecule has 0 radical (unpaired) electrons. The molecule has 96 valence electrons. The molecule has 0 aliphatic carbocycles. The zero-order chi connectivity index (χ0) is 12.9. The van der Waals surface area contributed by atoms with Crippen LogP contribution in [0.1, 0.15) is 25.8 Å². The summed E-state index contributed by atoms with van der Waals surface area (Å²) in [5.74, 6) is 0.628. The smallest absolute Gasteiger partial charge is 0.115 e. The van der Waals surface area contributed by atoms with Crippen LogP contribution >= 0.6 is 0 Å². The van der Waals surface area contributed by atoms with Crippen molar-refractivity contribution in [2.75, 3.05) is 13.2 Å². The van der Waals surface area contributed by atoms with Gasteiger partial charge in [0.15, 0.2) is 0 Å². The topological polar surface area (TPSA) is 60.7 Å². The number of aliphatic hydroxyl groups is 2. The molecule has 1 aromatic carbocycles. The summed E-state index contributed by atoms with van der Waals surface area (Å²) in [7, 11) is 0. The summed E-state index contributed by atoms with van der Waals surface area (Å²) >= 11 is 0. The van der Waals surface area contributed by atoms with Crippen LogP contribution in [0.4, 0.5) is 0 Å². The van der Waals surface area contributed by atoms with E-state index >= 15 is 0 Å². The van der Waals surface area contributed by atoms with Crippen molar-refractivity contribution in [2.24, 2.45) is 11.3 Å². The molecule has 3 nitrogen and oxygen atoms in total. The molecular weight excluding hydrogens is 216 g/mol. The van der Waals surface area contributed by atoms with Gasteiger partial charge >= 0.3 is 0 Å². The minimum absolute atomic E-state index is 0.0443. The Morgan fingerprint density at radius 2 is 1.82 bits per heavy atom. The molecule has 3 N–H and O–H groups in total. The highest BCUT2D eigenvalue weighted by Gasteiger charge is 2.30. The molecule has 3 heteroatoms. The van der Waals surface area contributed by atoms with Crippen molar-refractivity contribution in [3.8, 4) is 5.75 Å². The average molecular weight is 238 g/mol. The van der Waals surface area contributed by atoms with Gasteiger partial charge in [-0.15, -0.1) is 0 Å². The van der Waals surface area contributed by atoms with Crippen LogP contribution in [0.15, 0.2) is 24.3 Å². The Labute approximate surface area is 103 Å². The van der Waals surface area contributed by atoms with E-state index in [1.165, 1.54) is 0 Å². The van der Waals surface area contributed by atoms with Gasteiger partial charge in [0.25, 0.3) is 0 Å². The fourth-order valence-electron chi connectivity index (χ4n) is 2.33. The quantitative estimate of drug-likeness (QED) is 0.710. The first-order chi connectivity index (χ1) is 8.01. The second-order valence-corrected chi connectivity index (χ2v) is 5.26. The van der Waals surface area contributed by atoms with E-state index in [1.807, 2.05) is 6.07 Å². The second-order valence-electron chi connectivity index (χ2n) is 5.26. The molecule has 0 atom stereocenters. The third-order valence-corrected chi connectivity index (χ3v) is 3.00. The Morgan fingerprint density at radius 3 is 2.29 bits per heavy atom. The molecule has 0 spiro atoms. The lowest BCUT2D eigenvalue weighted by Gasteiger charge is -2.31. The van der Waals surface area contributed by atoms with E-state index in [-0.39, 0.29) is 19.0 Å². The van der Waals surface area contributed by atoms with Gasteiger partial charge in [-0.3, -0.25) is 0 Å². The summed E-state index contributed by atoms with van der Waals surface area (Å²) in [6.07, 6.45) is 1.34. The number of hydrogen-bond donors (Lipinski definition) is 3. The van der Waals surface area contributed by atoms with Crippen LogP contribution in [-0.2, 0) is 6.42 Å². The Balaban J connectivity index is 2.85. The van der Waals surface area contributed by atoms with Gasteiger partial charge in [0.2, 0.25) is 0 Å². The lowest BCUT2D eigenvalue weighted by atomic mass is 9.76. The molecule has 1 aromatic rings. The van der Waals surface area contributed by atoms with Gasteiger partial charge in [-0.2, -0.15) is 0 Å². The summed E-state index contributed by atoms with van der Waals surface area (Å²) in [6.45, 7) is 4.06. The van der Waals surface area contributed by atoms with Crippen LogP contribution in [0.5, 0.6) is 5.75 Å². The van der Waals surface area contributed by atoms with E-state index in [0.29, 0.717) is 12.3 Å². The number of phenolic OH excluding ortho intramolecular Hbond substituents is 1. The van der Waals surface area contributed by atoms with Gasteiger partial charge in [0.1, 0.15) is 5.75 Å². The standard InChI is InChI=1S/C14H22O3/c1-11(2)7-14(9-15,10-16)8-12-4-3-5-13(17)6-12/h3-6,11,15-17H,7-10H2,1-2H3. The van der Waals surface area contributed by atoms with Crippen molar-refractivity contribution in [1.29, 1.82) is 0 Å². The lowest BCUT2D eigenvalue weighted by Crippen LogP contribution is -2.34. The third kappa shape index (κ3) is 4.02. The number of phenols is 1. The Morgan fingerprint density at radius 1 is 1.18 bits per heavy atom. The van der Waals surface area contributed by atoms with Crippen LogP contribution in [0.3, 0.4) is 0 Å². The maximum Gasteiger partial charge on any atom is 0.115 e. The fraction of sp³-hybridized carbons (Fsp3) is 0.571. The lowest BCUT2D eigenvalue weighted by molar-refractivity contribution is 0.0369. The van der Waals surface area contributed by atoms with Crippen molar-refractivity contribution in [3.05, 3.63) is 29.8 Å². The van der Waals surface area contributed by atoms with Crippen LogP contribution in [-0.4, -0.2) is 28.5 Å². The highest BCUT2D eigenvalue weighted by atomic mass is 16.3. The molecule has 1 rings (SSSR count). The van der Waals surface area contributed by atoms with Gasteiger partial charge in [0.05, 0.1) is 13.2 Å². The van der Waals surface area contributed by atoms with Gasteiger partial charge < -0.3 is 15.3 Å². The molecule has 0 aromatic heterocycles. The first-order valence-electron chi connectivity index (χ1n) is 6.01. The molecular formula is C14H22O3. The summed E-state index contributed by atoms with van der Waals surface area (Å²) in [4.78, 5) is 0. The van der Waals surface area contributed by atoms with Gasteiger partial charge in [0, 0.05) is 5.41 Å². The first kappa shape index (κ1) is 14.0. The average Bonchev–Trinajstić information content (AvgIpc) is 2.27. The predicted octanol–water partition coefficient (Wildman–Crippen LogP) is 1.95. The highest BCUT2D eigenvalue weighted by molar-refractivity contribution is 5.28. The summed E-state index contributed by atoms with van der Waals surface area (Å²) in [5.41, 5.74) is 0.441. The third-order valence-electron chi connectivity index (χ3n) is 3.00. The second kappa shape index (κ2) is 6.03. The number of hydrogen-bond acceptors (Lipinski definition) is 3. The van der Waals surface area contributed by atoms with E-state index in [2.05, 4.69) is 13.8 Å². The molecule has 0 fully saturated rings. The molecule has 0 saturated carbocycles. The normalized spacial score (nSPS) is 12.1. The number of benzene rings is 1. The Hall–Kier alpha value is -1.06. The summed E-state index contributed by atoms with van der Waals surface area (Å²) < 4.78 is 0. The molecule has 0 bridgehead atoms. The Kier molecular flexibility index (Phi) is 4.97. The minimum Gasteiger partial charge on any atom is -0.508 e. The van der Waals surface area contributed by atoms with Crippen molar-refractivity contribution >= 4 is 0 Å². The van der Waals surface area contributed by atoms with E-state index in [1.54, 1.807) is 18.2 Å². The van der Waals surface area contributed by atoms with Gasteiger partial charge in [-0.05, 0) is 36.5 Å². The predicted molar refractivity (Wildman–Crippen MR) is 67.9 cm³/mol. The van der Waals surface area contributed by atoms with Crippen LogP contribution < -0.4 is 0 Å². The first-order valence-corrected chi connectivity index (χ1v) is 6.01. The number of aromatic hydroxyl groups is 1. The minimum atomic E-state index is -0.498. The monoisotopic (exact) mass is 238 g/mol. The van der Waals surface area contributed by atoms with Crippen molar-refractivity contribution in [1.82, 2.24) is 0 Å². The van der Waals surface area contributed by atoms with Crippen LogP contribution in [0.25, 0.3) is 0 Å². The van der Waals surface area contributed by atoms with E-state index in [9.17, 15) is 15.3 Å². The fourth-order valence-corrected chi connectivity index (χ4v) is 2.33. The number of rotatable bonds is 6. The van der Waals surface area contributed by atoms with Gasteiger partial charge in [-0.1, -0.05) is 26.0 Å². The molecule has 17 heavy (non-hydrogen) atoms. The molecule has 0 amide bonds. The summed E-state index contributed by atoms with van der Waals surface area (Å²) in [5, 5.41) is 28.5. The van der Waals surface area contributed by atoms with E-state index in [4.69, 9.17) is 0 Å². The largest absolute Gasteiger partial charge is 0.508 e. The molecule has 0 aliphatic heterocycles. The maximum absolute atomic E-state index is 9.53. The Bertz CT molecular complexity index is 343. The zero-order valence-corrected chi connectivity index (χ0v) is 10.6. The van der Waals surface area contributed by atoms with E-state index < -0.39 is 5.41 Å². The van der Waals surface area contributed by atoms with E-state index in [0.717, 1.165) is 12.0 Å². The zero-order valence-electron chi connectivity index (χ0n) is 10.6. The van der Waals surface area contributed by atoms with Crippen molar-refractivity contribution in [3.63, 3.8) is 0 Å². The van der Waals surface area contributed by atoms with Gasteiger partial charge in [-0.25, -0.2) is 0 Å².